The average Bonchev–Trinajstić information content (AvgIpc) is 3.12. The Morgan fingerprint density at radius 3 is 1.68 bits per heavy atom. The molecule has 0 amide bonds. The van der Waals surface area contributed by atoms with E-state index < -0.39 is 57.7 Å². The topological polar surface area (TPSA) is 32.3 Å². The lowest BCUT2D eigenvalue weighted by molar-refractivity contribution is 0.0356. The van der Waals surface area contributed by atoms with E-state index in [1.165, 1.54) is 0 Å². The molecule has 8 heteroatoms. The van der Waals surface area contributed by atoms with Crippen LogP contribution in [0, 0.1) is 34.9 Å². The SMILES string of the molecule is OC(c1ccc(F)c(F)c1F)(c1ccc(F)c(F)c1F)[C@H]1CCCN1. The third-order valence-corrected chi connectivity index (χ3v) is 4.46. The highest BCUT2D eigenvalue weighted by molar-refractivity contribution is 5.41. The molecule has 0 aliphatic carbocycles. The van der Waals surface area contributed by atoms with Crippen molar-refractivity contribution >= 4 is 0 Å². The zero-order valence-electron chi connectivity index (χ0n) is 12.7. The molecule has 1 atom stereocenters. The van der Waals surface area contributed by atoms with Crippen molar-refractivity contribution in [2.75, 3.05) is 6.54 Å². The predicted molar refractivity (Wildman–Crippen MR) is 76.7 cm³/mol. The molecule has 1 heterocycles. The van der Waals surface area contributed by atoms with E-state index in [0.29, 0.717) is 25.1 Å². The molecule has 1 aliphatic heterocycles. The van der Waals surface area contributed by atoms with Gasteiger partial charge in [0.05, 0.1) is 0 Å². The van der Waals surface area contributed by atoms with Crippen molar-refractivity contribution in [3.63, 3.8) is 0 Å². The number of nitrogens with one attached hydrogen (secondary N) is 1. The van der Waals surface area contributed by atoms with Gasteiger partial charge < -0.3 is 10.4 Å². The third-order valence-electron chi connectivity index (χ3n) is 4.46. The molecule has 25 heavy (non-hydrogen) atoms. The van der Waals surface area contributed by atoms with Crippen molar-refractivity contribution in [2.45, 2.75) is 24.5 Å². The lowest BCUT2D eigenvalue weighted by atomic mass is 9.78. The fourth-order valence-electron chi connectivity index (χ4n) is 3.20. The van der Waals surface area contributed by atoms with E-state index in [0.717, 1.165) is 12.1 Å². The maximum absolute atomic E-state index is 14.3. The molecule has 0 unspecified atom stereocenters. The van der Waals surface area contributed by atoms with Gasteiger partial charge in [0, 0.05) is 17.2 Å². The highest BCUT2D eigenvalue weighted by Crippen LogP contribution is 2.40. The Bertz CT molecular complexity index is 762. The van der Waals surface area contributed by atoms with Crippen LogP contribution in [-0.2, 0) is 5.60 Å². The summed E-state index contributed by atoms with van der Waals surface area (Å²) in [6.07, 6.45) is 0.761. The zero-order valence-corrected chi connectivity index (χ0v) is 12.7. The summed E-state index contributed by atoms with van der Waals surface area (Å²) in [5.74, 6) is -10.1. The van der Waals surface area contributed by atoms with Crippen LogP contribution in [0.1, 0.15) is 24.0 Å². The van der Waals surface area contributed by atoms with Crippen molar-refractivity contribution in [1.29, 1.82) is 0 Å². The van der Waals surface area contributed by atoms with Crippen LogP contribution in [0.15, 0.2) is 24.3 Å². The third kappa shape index (κ3) is 2.69. The van der Waals surface area contributed by atoms with Crippen molar-refractivity contribution in [3.05, 3.63) is 70.3 Å². The number of aliphatic hydroxyl groups is 1. The zero-order chi connectivity index (χ0) is 18.4. The Morgan fingerprint density at radius 1 is 0.800 bits per heavy atom. The van der Waals surface area contributed by atoms with Gasteiger partial charge in [-0.3, -0.25) is 0 Å². The van der Waals surface area contributed by atoms with E-state index in [4.69, 9.17) is 0 Å². The Morgan fingerprint density at radius 2 is 1.28 bits per heavy atom. The van der Waals surface area contributed by atoms with Gasteiger partial charge in [-0.15, -0.1) is 0 Å². The van der Waals surface area contributed by atoms with Gasteiger partial charge in [0.25, 0.3) is 0 Å². The molecule has 2 N–H and O–H groups in total. The van der Waals surface area contributed by atoms with Gasteiger partial charge in [0.2, 0.25) is 0 Å². The molecule has 0 saturated carbocycles. The fraction of sp³-hybridized carbons (Fsp3) is 0.294. The minimum Gasteiger partial charge on any atom is -0.379 e. The van der Waals surface area contributed by atoms with E-state index in [2.05, 4.69) is 5.32 Å². The van der Waals surface area contributed by atoms with Gasteiger partial charge in [0.1, 0.15) is 5.60 Å². The van der Waals surface area contributed by atoms with E-state index in [-0.39, 0.29) is 6.42 Å². The largest absolute Gasteiger partial charge is 0.379 e. The molecule has 2 aromatic carbocycles. The molecule has 2 aromatic rings. The predicted octanol–water partition coefficient (Wildman–Crippen LogP) is 3.51. The number of benzene rings is 2. The van der Waals surface area contributed by atoms with Crippen LogP contribution >= 0.6 is 0 Å². The van der Waals surface area contributed by atoms with Crippen molar-refractivity contribution in [2.24, 2.45) is 0 Å². The van der Waals surface area contributed by atoms with Crippen LogP contribution in [0.25, 0.3) is 0 Å². The summed E-state index contributed by atoms with van der Waals surface area (Å²) in [5, 5.41) is 13.9. The summed E-state index contributed by atoms with van der Waals surface area (Å²) in [4.78, 5) is 0. The highest BCUT2D eigenvalue weighted by Gasteiger charge is 2.46. The Kier molecular flexibility index (Phi) is 4.51. The van der Waals surface area contributed by atoms with E-state index in [1.807, 2.05) is 0 Å². The number of rotatable bonds is 3. The van der Waals surface area contributed by atoms with Crippen LogP contribution in [0.5, 0.6) is 0 Å². The van der Waals surface area contributed by atoms with Gasteiger partial charge in [-0.2, -0.15) is 0 Å². The first-order valence-corrected chi connectivity index (χ1v) is 7.52. The summed E-state index contributed by atoms with van der Waals surface area (Å²) >= 11 is 0. The van der Waals surface area contributed by atoms with Crippen LogP contribution < -0.4 is 5.32 Å². The van der Waals surface area contributed by atoms with E-state index in [1.54, 1.807) is 0 Å². The second-order valence-corrected chi connectivity index (χ2v) is 5.86. The van der Waals surface area contributed by atoms with E-state index in [9.17, 15) is 31.4 Å². The lowest BCUT2D eigenvalue weighted by Crippen LogP contribution is -2.47. The number of hydrogen-bond donors (Lipinski definition) is 2. The first-order chi connectivity index (χ1) is 11.8. The Balaban J connectivity index is 2.29. The van der Waals surface area contributed by atoms with Crippen molar-refractivity contribution < 1.29 is 31.4 Å². The van der Waals surface area contributed by atoms with Gasteiger partial charge in [-0.05, 0) is 43.7 Å². The molecule has 2 nitrogen and oxygen atoms in total. The standard InChI is InChI=1S/C17H13F6NO/c18-10-5-3-8(13(20)15(10)22)17(25,12-2-1-7-24-12)9-4-6-11(19)16(23)14(9)21/h3-6,12,24-25H,1-2,7H2/t12-/m1/s1. The summed E-state index contributed by atoms with van der Waals surface area (Å²) in [6.45, 7) is 0.392. The molecule has 0 spiro atoms. The molecule has 0 aromatic heterocycles. The molecule has 1 fully saturated rings. The van der Waals surface area contributed by atoms with Gasteiger partial charge in [0.15, 0.2) is 34.9 Å². The highest BCUT2D eigenvalue weighted by atomic mass is 19.2. The minimum absolute atomic E-state index is 0.230. The Labute approximate surface area is 139 Å². The van der Waals surface area contributed by atoms with Gasteiger partial charge >= 0.3 is 0 Å². The van der Waals surface area contributed by atoms with Crippen LogP contribution in [0.4, 0.5) is 26.3 Å². The first kappa shape index (κ1) is 17.8. The first-order valence-electron chi connectivity index (χ1n) is 7.52. The number of hydrogen-bond acceptors (Lipinski definition) is 2. The fourth-order valence-corrected chi connectivity index (χ4v) is 3.20. The molecule has 1 saturated heterocycles. The second kappa shape index (κ2) is 6.34. The quantitative estimate of drug-likeness (QED) is 0.648. The molecular formula is C17H13F6NO. The maximum atomic E-state index is 14.3. The van der Waals surface area contributed by atoms with Gasteiger partial charge in [-0.25, -0.2) is 26.3 Å². The maximum Gasteiger partial charge on any atom is 0.194 e. The Hall–Kier alpha value is -2.06. The normalized spacial score (nSPS) is 18.0. The lowest BCUT2D eigenvalue weighted by Gasteiger charge is -2.35. The molecule has 0 radical (unpaired) electrons. The monoisotopic (exact) mass is 361 g/mol. The van der Waals surface area contributed by atoms with Crippen LogP contribution in [0.3, 0.4) is 0 Å². The minimum atomic E-state index is -2.56. The summed E-state index contributed by atoms with van der Waals surface area (Å²) < 4.78 is 82.4. The second-order valence-electron chi connectivity index (χ2n) is 5.86. The molecule has 3 rings (SSSR count). The van der Waals surface area contributed by atoms with Crippen molar-refractivity contribution in [1.82, 2.24) is 5.32 Å². The van der Waals surface area contributed by atoms with Crippen molar-refractivity contribution in [3.8, 4) is 0 Å². The number of halogens is 6. The summed E-state index contributed by atoms with van der Waals surface area (Å²) in [6, 6.07) is 1.66. The van der Waals surface area contributed by atoms with E-state index >= 15 is 0 Å². The van der Waals surface area contributed by atoms with Crippen LogP contribution in [-0.4, -0.2) is 17.7 Å². The van der Waals surface area contributed by atoms with Crippen LogP contribution in [0.2, 0.25) is 0 Å². The van der Waals surface area contributed by atoms with Gasteiger partial charge in [-0.1, -0.05) is 0 Å². The summed E-state index contributed by atoms with van der Waals surface area (Å²) in [7, 11) is 0. The molecule has 134 valence electrons. The average molecular weight is 361 g/mol. The molecule has 0 bridgehead atoms. The molecular weight excluding hydrogens is 348 g/mol. The summed E-state index contributed by atoms with van der Waals surface area (Å²) in [5.41, 5.74) is -4.10. The smallest absolute Gasteiger partial charge is 0.194 e. The molecule has 1 aliphatic rings.